The lowest BCUT2D eigenvalue weighted by molar-refractivity contribution is 0.669. The van der Waals surface area contributed by atoms with Crippen LogP contribution in [0.15, 0.2) is 77.2 Å². The minimum Gasteiger partial charge on any atom is -0.456 e. The fourth-order valence-electron chi connectivity index (χ4n) is 3.88. The van der Waals surface area contributed by atoms with Crippen LogP contribution < -0.4 is 0 Å². The zero-order valence-corrected chi connectivity index (χ0v) is 14.8. The Bertz CT molecular complexity index is 1290. The van der Waals surface area contributed by atoms with Gasteiger partial charge >= 0.3 is 0 Å². The van der Waals surface area contributed by atoms with E-state index in [0.29, 0.717) is 0 Å². The van der Waals surface area contributed by atoms with Crippen molar-refractivity contribution in [1.82, 2.24) is 0 Å². The molecule has 1 aromatic heterocycles. The van der Waals surface area contributed by atoms with Crippen molar-refractivity contribution in [1.29, 1.82) is 0 Å². The summed E-state index contributed by atoms with van der Waals surface area (Å²) in [6.07, 6.45) is 6.79. The zero-order valence-electron chi connectivity index (χ0n) is 14.8. The van der Waals surface area contributed by atoms with Gasteiger partial charge in [0.1, 0.15) is 11.2 Å². The number of rotatable bonds is 3. The summed E-state index contributed by atoms with van der Waals surface area (Å²) in [6.45, 7) is 2.21. The highest BCUT2D eigenvalue weighted by Gasteiger charge is 2.11. The molecule has 126 valence electrons. The van der Waals surface area contributed by atoms with E-state index >= 15 is 0 Å². The van der Waals surface area contributed by atoms with Crippen molar-refractivity contribution in [3.8, 4) is 0 Å². The van der Waals surface area contributed by atoms with E-state index in [1.165, 1.54) is 44.3 Å². The number of benzene rings is 4. The first kappa shape index (κ1) is 15.2. The van der Waals surface area contributed by atoms with E-state index in [1.54, 1.807) is 0 Å². The van der Waals surface area contributed by atoms with Crippen molar-refractivity contribution in [3.63, 3.8) is 0 Å². The number of hydrogen-bond donors (Lipinski definition) is 0. The van der Waals surface area contributed by atoms with Crippen LogP contribution in [0.5, 0.6) is 0 Å². The highest BCUT2D eigenvalue weighted by Crippen LogP contribution is 2.37. The van der Waals surface area contributed by atoms with Gasteiger partial charge in [-0.15, -0.1) is 0 Å². The predicted molar refractivity (Wildman–Crippen MR) is 113 cm³/mol. The molecule has 0 amide bonds. The highest BCUT2D eigenvalue weighted by molar-refractivity contribution is 6.23. The molecule has 5 aromatic rings. The molecule has 0 saturated heterocycles. The predicted octanol–water partition coefficient (Wildman–Crippen LogP) is 7.71. The van der Waals surface area contributed by atoms with Gasteiger partial charge in [0.25, 0.3) is 0 Å². The number of fused-ring (bicyclic) bond motifs is 7. The van der Waals surface area contributed by atoms with Crippen LogP contribution in [0.2, 0.25) is 0 Å². The summed E-state index contributed by atoms with van der Waals surface area (Å²) in [5, 5.41) is 7.52. The van der Waals surface area contributed by atoms with Crippen LogP contribution in [0, 0.1) is 0 Å². The van der Waals surface area contributed by atoms with Gasteiger partial charge in [-0.2, -0.15) is 0 Å². The van der Waals surface area contributed by atoms with Gasteiger partial charge in [-0.05, 0) is 51.7 Å². The van der Waals surface area contributed by atoms with E-state index in [9.17, 15) is 0 Å². The van der Waals surface area contributed by atoms with E-state index in [4.69, 9.17) is 4.42 Å². The maximum Gasteiger partial charge on any atom is 0.136 e. The minimum atomic E-state index is 0.950. The molecule has 0 aliphatic carbocycles. The third kappa shape index (κ3) is 2.32. The monoisotopic (exact) mass is 336 g/mol. The Morgan fingerprint density at radius 3 is 2.54 bits per heavy atom. The summed E-state index contributed by atoms with van der Waals surface area (Å²) in [6, 6.07) is 23.8. The van der Waals surface area contributed by atoms with Crippen molar-refractivity contribution in [2.75, 3.05) is 0 Å². The average Bonchev–Trinajstić information content (AvgIpc) is 3.06. The van der Waals surface area contributed by atoms with Gasteiger partial charge in [-0.25, -0.2) is 0 Å². The summed E-state index contributed by atoms with van der Waals surface area (Å²) in [5.41, 5.74) is 3.17. The second-order valence-electron chi connectivity index (χ2n) is 6.87. The molecular formula is C25H20O. The average molecular weight is 336 g/mol. The first-order valence-corrected chi connectivity index (χ1v) is 9.28. The van der Waals surface area contributed by atoms with Gasteiger partial charge in [-0.3, -0.25) is 0 Å². The fraction of sp³-hybridized carbons (Fsp3) is 0.120. The largest absolute Gasteiger partial charge is 0.456 e. The van der Waals surface area contributed by atoms with Crippen LogP contribution in [-0.2, 0) is 0 Å². The van der Waals surface area contributed by atoms with Crippen molar-refractivity contribution in [2.24, 2.45) is 0 Å². The summed E-state index contributed by atoms with van der Waals surface area (Å²) >= 11 is 0. The number of unbranched alkanes of at least 4 members (excludes halogenated alkanes) is 1. The highest BCUT2D eigenvalue weighted by atomic mass is 16.3. The van der Waals surface area contributed by atoms with E-state index < -0.39 is 0 Å². The van der Waals surface area contributed by atoms with Crippen molar-refractivity contribution < 1.29 is 4.42 Å². The van der Waals surface area contributed by atoms with Gasteiger partial charge in [0.05, 0.1) is 0 Å². The third-order valence-electron chi connectivity index (χ3n) is 5.14. The molecule has 0 bridgehead atoms. The normalized spacial score (nSPS) is 12.2. The van der Waals surface area contributed by atoms with Crippen LogP contribution in [0.3, 0.4) is 0 Å². The molecule has 1 heterocycles. The second kappa shape index (κ2) is 6.03. The Kier molecular flexibility index (Phi) is 3.53. The molecule has 26 heavy (non-hydrogen) atoms. The second-order valence-corrected chi connectivity index (χ2v) is 6.87. The van der Waals surface area contributed by atoms with Crippen LogP contribution in [-0.4, -0.2) is 0 Å². The van der Waals surface area contributed by atoms with E-state index in [1.807, 2.05) is 12.1 Å². The molecule has 0 saturated carbocycles. The van der Waals surface area contributed by atoms with Gasteiger partial charge in [-0.1, -0.05) is 74.0 Å². The van der Waals surface area contributed by atoms with Crippen molar-refractivity contribution in [3.05, 3.63) is 78.4 Å². The van der Waals surface area contributed by atoms with Crippen LogP contribution in [0.1, 0.15) is 25.3 Å². The van der Waals surface area contributed by atoms with Crippen LogP contribution in [0.25, 0.3) is 49.6 Å². The zero-order chi connectivity index (χ0) is 17.5. The first-order chi connectivity index (χ1) is 12.8. The molecular weight excluding hydrogens is 316 g/mol. The molecule has 0 atom stereocenters. The quantitative estimate of drug-likeness (QED) is 0.308. The molecule has 0 fully saturated rings. The fourth-order valence-corrected chi connectivity index (χ4v) is 3.88. The third-order valence-corrected chi connectivity index (χ3v) is 5.14. The number of furan rings is 1. The summed E-state index contributed by atoms with van der Waals surface area (Å²) in [5.74, 6) is 0. The molecule has 0 aliphatic heterocycles. The Balaban J connectivity index is 1.78. The van der Waals surface area contributed by atoms with Gasteiger partial charge in [0, 0.05) is 10.8 Å². The maximum atomic E-state index is 6.04. The Hall–Kier alpha value is -3.06. The SMILES string of the molecule is CCC/C=C/c1ccc2c(ccc3c2ccc2oc4ccccc4c23)c1. The standard InChI is InChI=1S/C25H20O/c1-2-3-4-7-17-10-12-19-18(16-17)11-13-21-20(19)14-15-24-25(21)22-8-5-6-9-23(22)26-24/h4-16H,2-3H2,1H3/b7-4+. The van der Waals surface area contributed by atoms with E-state index in [2.05, 4.69) is 73.7 Å². The number of para-hydroxylation sites is 1. The lowest BCUT2D eigenvalue weighted by atomic mass is 9.97. The van der Waals surface area contributed by atoms with Gasteiger partial charge in [0.15, 0.2) is 0 Å². The molecule has 5 rings (SSSR count). The molecule has 0 spiro atoms. The Labute approximate surface area is 152 Å². The van der Waals surface area contributed by atoms with Gasteiger partial charge < -0.3 is 4.42 Å². The van der Waals surface area contributed by atoms with Crippen LogP contribution in [0.4, 0.5) is 0 Å². The first-order valence-electron chi connectivity index (χ1n) is 9.28. The number of hydrogen-bond acceptors (Lipinski definition) is 1. The van der Waals surface area contributed by atoms with Crippen molar-refractivity contribution >= 4 is 49.6 Å². The molecule has 0 unspecified atom stereocenters. The Morgan fingerprint density at radius 2 is 1.62 bits per heavy atom. The minimum absolute atomic E-state index is 0.950. The van der Waals surface area contributed by atoms with E-state index in [-0.39, 0.29) is 0 Å². The maximum absolute atomic E-state index is 6.04. The molecule has 1 nitrogen and oxygen atoms in total. The smallest absolute Gasteiger partial charge is 0.136 e. The molecule has 4 aromatic carbocycles. The Morgan fingerprint density at radius 1 is 0.769 bits per heavy atom. The summed E-state index contributed by atoms with van der Waals surface area (Å²) in [4.78, 5) is 0. The lowest BCUT2D eigenvalue weighted by Crippen LogP contribution is -1.81. The molecule has 0 aliphatic rings. The molecule has 0 radical (unpaired) electrons. The van der Waals surface area contributed by atoms with Gasteiger partial charge in [0.2, 0.25) is 0 Å². The summed E-state index contributed by atoms with van der Waals surface area (Å²) in [7, 11) is 0. The summed E-state index contributed by atoms with van der Waals surface area (Å²) < 4.78 is 6.04. The van der Waals surface area contributed by atoms with Crippen molar-refractivity contribution in [2.45, 2.75) is 19.8 Å². The van der Waals surface area contributed by atoms with Crippen LogP contribution >= 0.6 is 0 Å². The molecule has 1 heteroatoms. The topological polar surface area (TPSA) is 13.1 Å². The lowest BCUT2D eigenvalue weighted by Gasteiger charge is -2.06. The number of allylic oxidation sites excluding steroid dienone is 1. The van der Waals surface area contributed by atoms with E-state index in [0.717, 1.165) is 17.6 Å². The molecule has 0 N–H and O–H groups in total.